The van der Waals surface area contributed by atoms with Gasteiger partial charge in [-0.15, -0.1) is 5.10 Å². The zero-order chi connectivity index (χ0) is 14.2. The minimum atomic E-state index is 0.0211. The number of carbonyl (C=O) groups excluding carboxylic acids is 1. The molecular formula is C14H19N5O. The molecule has 20 heavy (non-hydrogen) atoms. The molecule has 2 aromatic rings. The van der Waals surface area contributed by atoms with Crippen LogP contribution >= 0.6 is 0 Å². The Morgan fingerprint density at radius 2 is 2.10 bits per heavy atom. The summed E-state index contributed by atoms with van der Waals surface area (Å²) >= 11 is 0. The molecule has 106 valence electrons. The van der Waals surface area contributed by atoms with Gasteiger partial charge in [-0.1, -0.05) is 35.5 Å². The Labute approximate surface area is 118 Å². The van der Waals surface area contributed by atoms with Crippen LogP contribution in [0.1, 0.15) is 12.0 Å². The molecule has 0 aliphatic carbocycles. The second-order valence-electron chi connectivity index (χ2n) is 4.54. The number of carbonyl (C=O) groups is 1. The fourth-order valence-corrected chi connectivity index (χ4v) is 1.93. The van der Waals surface area contributed by atoms with E-state index in [1.54, 1.807) is 12.4 Å². The monoisotopic (exact) mass is 273 g/mol. The number of hydrogen-bond donors (Lipinski definition) is 1. The van der Waals surface area contributed by atoms with Gasteiger partial charge in [0, 0.05) is 19.3 Å². The van der Waals surface area contributed by atoms with Gasteiger partial charge in [-0.05, 0) is 18.5 Å². The first-order valence-electron chi connectivity index (χ1n) is 6.65. The third-order valence-corrected chi connectivity index (χ3v) is 2.97. The van der Waals surface area contributed by atoms with E-state index in [-0.39, 0.29) is 12.5 Å². The predicted molar refractivity (Wildman–Crippen MR) is 75.6 cm³/mol. The van der Waals surface area contributed by atoms with Crippen molar-refractivity contribution in [1.29, 1.82) is 0 Å². The van der Waals surface area contributed by atoms with E-state index in [0.717, 1.165) is 12.0 Å². The van der Waals surface area contributed by atoms with Crippen LogP contribution in [-0.2, 0) is 17.9 Å². The quantitative estimate of drug-likeness (QED) is 0.803. The van der Waals surface area contributed by atoms with Crippen molar-refractivity contribution in [3.05, 3.63) is 48.3 Å². The number of nitrogens with two attached hydrogens (primary N) is 1. The molecule has 0 fully saturated rings. The van der Waals surface area contributed by atoms with E-state index < -0.39 is 0 Å². The fourth-order valence-electron chi connectivity index (χ4n) is 1.93. The fraction of sp³-hybridized carbons (Fsp3) is 0.357. The summed E-state index contributed by atoms with van der Waals surface area (Å²) in [6.45, 7) is 2.02. The van der Waals surface area contributed by atoms with E-state index in [0.29, 0.717) is 19.6 Å². The van der Waals surface area contributed by atoms with E-state index in [2.05, 4.69) is 10.3 Å². The number of benzene rings is 1. The SMILES string of the molecule is NCCCN(Cc1ccccc1)C(=O)Cn1ccnn1. The maximum absolute atomic E-state index is 12.3. The maximum Gasteiger partial charge on any atom is 0.244 e. The number of amides is 1. The number of rotatable bonds is 7. The first kappa shape index (κ1) is 14.2. The molecule has 0 atom stereocenters. The van der Waals surface area contributed by atoms with E-state index in [9.17, 15) is 4.79 Å². The van der Waals surface area contributed by atoms with Gasteiger partial charge in [0.15, 0.2) is 0 Å². The third kappa shape index (κ3) is 4.17. The van der Waals surface area contributed by atoms with Crippen molar-refractivity contribution in [2.75, 3.05) is 13.1 Å². The summed E-state index contributed by atoms with van der Waals surface area (Å²) < 4.78 is 1.53. The molecule has 2 rings (SSSR count). The molecule has 0 bridgehead atoms. The largest absolute Gasteiger partial charge is 0.337 e. The van der Waals surface area contributed by atoms with Gasteiger partial charge in [-0.25, -0.2) is 4.68 Å². The first-order chi connectivity index (χ1) is 9.79. The van der Waals surface area contributed by atoms with Gasteiger partial charge in [0.05, 0.1) is 6.20 Å². The average Bonchev–Trinajstić information content (AvgIpc) is 2.97. The lowest BCUT2D eigenvalue weighted by atomic mass is 10.2. The Morgan fingerprint density at radius 1 is 1.30 bits per heavy atom. The minimum Gasteiger partial charge on any atom is -0.337 e. The molecule has 0 saturated carbocycles. The van der Waals surface area contributed by atoms with Crippen LogP contribution in [0.15, 0.2) is 42.7 Å². The van der Waals surface area contributed by atoms with Crippen molar-refractivity contribution in [1.82, 2.24) is 19.9 Å². The van der Waals surface area contributed by atoms with Gasteiger partial charge in [0.25, 0.3) is 0 Å². The van der Waals surface area contributed by atoms with Gasteiger partial charge in [0.2, 0.25) is 5.91 Å². The highest BCUT2D eigenvalue weighted by atomic mass is 16.2. The Morgan fingerprint density at radius 3 is 2.75 bits per heavy atom. The van der Waals surface area contributed by atoms with Gasteiger partial charge in [0.1, 0.15) is 6.54 Å². The lowest BCUT2D eigenvalue weighted by Gasteiger charge is -2.22. The molecular weight excluding hydrogens is 254 g/mol. The molecule has 0 unspecified atom stereocenters. The van der Waals surface area contributed by atoms with Crippen LogP contribution in [0.25, 0.3) is 0 Å². The summed E-state index contributed by atoms with van der Waals surface area (Å²) in [4.78, 5) is 14.1. The molecule has 1 aromatic carbocycles. The topological polar surface area (TPSA) is 77.0 Å². The molecule has 6 nitrogen and oxygen atoms in total. The third-order valence-electron chi connectivity index (χ3n) is 2.97. The second-order valence-corrected chi connectivity index (χ2v) is 4.54. The van der Waals surface area contributed by atoms with Crippen molar-refractivity contribution in [3.63, 3.8) is 0 Å². The van der Waals surface area contributed by atoms with Crippen molar-refractivity contribution in [2.45, 2.75) is 19.5 Å². The van der Waals surface area contributed by atoms with Crippen LogP contribution in [0, 0.1) is 0 Å². The number of nitrogens with zero attached hydrogens (tertiary/aromatic N) is 4. The number of hydrogen-bond acceptors (Lipinski definition) is 4. The molecule has 0 aliphatic rings. The van der Waals surface area contributed by atoms with Gasteiger partial charge in [-0.2, -0.15) is 0 Å². The van der Waals surface area contributed by atoms with Crippen molar-refractivity contribution in [2.24, 2.45) is 5.73 Å². The molecule has 1 amide bonds. The highest BCUT2D eigenvalue weighted by molar-refractivity contribution is 5.75. The van der Waals surface area contributed by atoms with Crippen molar-refractivity contribution in [3.8, 4) is 0 Å². The maximum atomic E-state index is 12.3. The van der Waals surface area contributed by atoms with E-state index in [1.807, 2.05) is 35.2 Å². The Balaban J connectivity index is 2.00. The zero-order valence-corrected chi connectivity index (χ0v) is 11.4. The predicted octanol–water partition coefficient (Wildman–Crippen LogP) is 0.656. The molecule has 1 heterocycles. The van der Waals surface area contributed by atoms with Gasteiger partial charge in [-0.3, -0.25) is 4.79 Å². The lowest BCUT2D eigenvalue weighted by molar-refractivity contribution is -0.132. The summed E-state index contributed by atoms with van der Waals surface area (Å²) in [6, 6.07) is 9.93. The van der Waals surface area contributed by atoms with Crippen LogP contribution in [0.5, 0.6) is 0 Å². The van der Waals surface area contributed by atoms with Crippen LogP contribution < -0.4 is 5.73 Å². The Kier molecular flexibility index (Phi) is 5.25. The Hall–Kier alpha value is -2.21. The molecule has 6 heteroatoms. The average molecular weight is 273 g/mol. The zero-order valence-electron chi connectivity index (χ0n) is 11.4. The number of aromatic nitrogens is 3. The van der Waals surface area contributed by atoms with Crippen LogP contribution in [0.3, 0.4) is 0 Å². The molecule has 0 aliphatic heterocycles. The van der Waals surface area contributed by atoms with Crippen molar-refractivity contribution >= 4 is 5.91 Å². The molecule has 0 saturated heterocycles. The Bertz CT molecular complexity index is 512. The first-order valence-corrected chi connectivity index (χ1v) is 6.65. The minimum absolute atomic E-state index is 0.0211. The van der Waals surface area contributed by atoms with E-state index in [1.165, 1.54) is 4.68 Å². The lowest BCUT2D eigenvalue weighted by Crippen LogP contribution is -2.35. The highest BCUT2D eigenvalue weighted by Gasteiger charge is 2.14. The smallest absolute Gasteiger partial charge is 0.244 e. The molecule has 1 aromatic heterocycles. The molecule has 0 radical (unpaired) electrons. The van der Waals surface area contributed by atoms with E-state index in [4.69, 9.17) is 5.73 Å². The summed E-state index contributed by atoms with van der Waals surface area (Å²) in [5, 5.41) is 7.52. The summed E-state index contributed by atoms with van der Waals surface area (Å²) in [7, 11) is 0. The van der Waals surface area contributed by atoms with Crippen molar-refractivity contribution < 1.29 is 4.79 Å². The van der Waals surface area contributed by atoms with Gasteiger partial charge < -0.3 is 10.6 Å². The normalized spacial score (nSPS) is 10.4. The van der Waals surface area contributed by atoms with Gasteiger partial charge >= 0.3 is 0 Å². The van der Waals surface area contributed by atoms with Crippen LogP contribution in [0.2, 0.25) is 0 Å². The standard InChI is InChI=1S/C14H19N5O/c15-7-4-9-18(11-13-5-2-1-3-6-13)14(20)12-19-10-8-16-17-19/h1-3,5-6,8,10H,4,7,9,11-12,15H2. The van der Waals surface area contributed by atoms with Crippen LogP contribution in [-0.4, -0.2) is 38.9 Å². The molecule has 0 spiro atoms. The van der Waals surface area contributed by atoms with Crippen LogP contribution in [0.4, 0.5) is 0 Å². The highest BCUT2D eigenvalue weighted by Crippen LogP contribution is 2.06. The summed E-state index contributed by atoms with van der Waals surface area (Å²) in [6.07, 6.45) is 4.03. The summed E-state index contributed by atoms with van der Waals surface area (Å²) in [5.41, 5.74) is 6.65. The summed E-state index contributed by atoms with van der Waals surface area (Å²) in [5.74, 6) is 0.0211. The second kappa shape index (κ2) is 7.40. The van der Waals surface area contributed by atoms with E-state index >= 15 is 0 Å². The molecule has 2 N–H and O–H groups in total.